The van der Waals surface area contributed by atoms with E-state index in [-0.39, 0.29) is 17.7 Å². The van der Waals surface area contributed by atoms with Gasteiger partial charge in [0, 0.05) is 11.6 Å². The third-order valence-electron chi connectivity index (χ3n) is 7.68. The molecule has 5 aromatic rings. The van der Waals surface area contributed by atoms with Gasteiger partial charge in [0.15, 0.2) is 4.80 Å². The maximum Gasteiger partial charge on any atom is 0.338 e. The molecule has 45 heavy (non-hydrogen) atoms. The second kappa shape index (κ2) is 12.8. The number of benzene rings is 4. The summed E-state index contributed by atoms with van der Waals surface area (Å²) in [4.78, 5) is 32.5. The second-order valence-electron chi connectivity index (χ2n) is 10.4. The summed E-state index contributed by atoms with van der Waals surface area (Å²) in [5.74, 6) is 1.21. The molecule has 228 valence electrons. The molecule has 1 aliphatic rings. The highest BCUT2D eigenvalue weighted by Crippen LogP contribution is 2.37. The van der Waals surface area contributed by atoms with Gasteiger partial charge in [-0.25, -0.2) is 9.79 Å². The van der Waals surface area contributed by atoms with Crippen molar-refractivity contribution in [1.29, 1.82) is 0 Å². The predicted molar refractivity (Wildman–Crippen MR) is 175 cm³/mol. The van der Waals surface area contributed by atoms with Crippen LogP contribution in [0.3, 0.4) is 0 Å². The molecule has 0 N–H and O–H groups in total. The van der Waals surface area contributed by atoms with Gasteiger partial charge in [0.2, 0.25) is 0 Å². The highest BCUT2D eigenvalue weighted by Gasteiger charge is 2.35. The van der Waals surface area contributed by atoms with E-state index in [1.807, 2.05) is 48.5 Å². The molecular weight excluding hydrogens is 588 g/mol. The molecule has 6 rings (SSSR count). The summed E-state index contributed by atoms with van der Waals surface area (Å²) in [5.41, 5.74) is 2.99. The summed E-state index contributed by atoms with van der Waals surface area (Å²) < 4.78 is 24.7. The molecule has 0 radical (unpaired) electrons. The molecule has 0 unspecified atom stereocenters. The molecule has 0 bridgehead atoms. The molecule has 0 aliphatic carbocycles. The van der Waals surface area contributed by atoms with Gasteiger partial charge < -0.3 is 18.9 Å². The first-order valence-corrected chi connectivity index (χ1v) is 15.3. The molecule has 2 heterocycles. The standard InChI is InChI=1S/C36H32N2O6S/c1-5-43-35(40)32-22(2)37-36-38(33(32)29-17-16-26(41-3)20-30(29)42-4)34(39)31(45-36)19-23-10-8-14-27(18-23)44-21-25-13-9-12-24-11-6-7-15-28(24)25/h6-20,33H,5,21H2,1-4H3/b31-19+/t33-/m1/s1. The van der Waals surface area contributed by atoms with Crippen molar-refractivity contribution < 1.29 is 23.7 Å². The lowest BCUT2D eigenvalue weighted by molar-refractivity contribution is -0.139. The minimum atomic E-state index is -0.807. The van der Waals surface area contributed by atoms with Crippen LogP contribution in [0.5, 0.6) is 17.2 Å². The van der Waals surface area contributed by atoms with Crippen LogP contribution in [0.15, 0.2) is 106 Å². The molecule has 0 saturated carbocycles. The summed E-state index contributed by atoms with van der Waals surface area (Å²) in [5, 5.41) is 2.31. The van der Waals surface area contributed by atoms with E-state index in [1.165, 1.54) is 18.4 Å². The minimum absolute atomic E-state index is 0.186. The lowest BCUT2D eigenvalue weighted by atomic mass is 9.95. The number of esters is 1. The van der Waals surface area contributed by atoms with Crippen LogP contribution in [0.25, 0.3) is 16.8 Å². The Morgan fingerprint density at radius 2 is 1.76 bits per heavy atom. The van der Waals surface area contributed by atoms with Crippen molar-refractivity contribution in [3.8, 4) is 17.2 Å². The number of carbonyl (C=O) groups is 1. The third kappa shape index (κ3) is 5.86. The van der Waals surface area contributed by atoms with Crippen LogP contribution in [0.4, 0.5) is 0 Å². The normalized spacial score (nSPS) is 14.6. The van der Waals surface area contributed by atoms with Crippen molar-refractivity contribution >= 4 is 34.2 Å². The summed E-state index contributed by atoms with van der Waals surface area (Å²) in [6.45, 7) is 4.09. The summed E-state index contributed by atoms with van der Waals surface area (Å²) in [7, 11) is 3.10. The number of rotatable bonds is 9. The zero-order chi connectivity index (χ0) is 31.5. The topological polar surface area (TPSA) is 88.4 Å². The Balaban J connectivity index is 1.39. The Labute approximate surface area is 264 Å². The van der Waals surface area contributed by atoms with Crippen molar-refractivity contribution in [3.05, 3.63) is 133 Å². The van der Waals surface area contributed by atoms with Crippen LogP contribution in [0.1, 0.15) is 36.6 Å². The minimum Gasteiger partial charge on any atom is -0.497 e. The second-order valence-corrected chi connectivity index (χ2v) is 11.4. The largest absolute Gasteiger partial charge is 0.497 e. The van der Waals surface area contributed by atoms with Gasteiger partial charge in [-0.3, -0.25) is 9.36 Å². The number of ether oxygens (including phenoxy) is 4. The highest BCUT2D eigenvalue weighted by molar-refractivity contribution is 7.07. The molecule has 8 nitrogen and oxygen atoms in total. The van der Waals surface area contributed by atoms with Crippen molar-refractivity contribution in [2.75, 3.05) is 20.8 Å². The fraction of sp³-hybridized carbons (Fsp3) is 0.194. The van der Waals surface area contributed by atoms with Crippen LogP contribution < -0.4 is 29.1 Å². The summed E-state index contributed by atoms with van der Waals surface area (Å²) in [6, 6.07) is 26.5. The Bertz CT molecular complexity index is 2120. The number of carbonyl (C=O) groups excluding carboxylic acids is 1. The monoisotopic (exact) mass is 620 g/mol. The lowest BCUT2D eigenvalue weighted by Gasteiger charge is -2.26. The van der Waals surface area contributed by atoms with E-state index in [0.29, 0.717) is 44.4 Å². The molecule has 1 aliphatic heterocycles. The fourth-order valence-corrected chi connectivity index (χ4v) is 6.60. The number of aromatic nitrogens is 1. The van der Waals surface area contributed by atoms with Crippen LogP contribution in [-0.2, 0) is 16.1 Å². The summed E-state index contributed by atoms with van der Waals surface area (Å²) >= 11 is 1.26. The van der Waals surface area contributed by atoms with Gasteiger partial charge >= 0.3 is 5.97 Å². The number of fused-ring (bicyclic) bond motifs is 2. The van der Waals surface area contributed by atoms with Gasteiger partial charge in [-0.05, 0) is 66.1 Å². The average molecular weight is 621 g/mol. The van der Waals surface area contributed by atoms with Crippen LogP contribution in [-0.4, -0.2) is 31.4 Å². The Morgan fingerprint density at radius 3 is 2.56 bits per heavy atom. The quantitative estimate of drug-likeness (QED) is 0.201. The van der Waals surface area contributed by atoms with E-state index in [4.69, 9.17) is 18.9 Å². The van der Waals surface area contributed by atoms with Gasteiger partial charge in [0.05, 0.1) is 36.6 Å². The molecule has 1 atom stereocenters. The van der Waals surface area contributed by atoms with Gasteiger partial charge in [0.1, 0.15) is 29.9 Å². The van der Waals surface area contributed by atoms with Crippen LogP contribution in [0.2, 0.25) is 0 Å². The molecule has 0 spiro atoms. The maximum absolute atomic E-state index is 14.1. The maximum atomic E-state index is 14.1. The van der Waals surface area contributed by atoms with E-state index < -0.39 is 12.0 Å². The highest BCUT2D eigenvalue weighted by atomic mass is 32.1. The van der Waals surface area contributed by atoms with Gasteiger partial charge in [-0.15, -0.1) is 0 Å². The summed E-state index contributed by atoms with van der Waals surface area (Å²) in [6.07, 6.45) is 1.82. The Kier molecular flexibility index (Phi) is 8.53. The molecular formula is C36H32N2O6S. The number of nitrogens with zero attached hydrogens (tertiary/aromatic N) is 2. The van der Waals surface area contributed by atoms with Crippen LogP contribution in [0, 0.1) is 0 Å². The smallest absolute Gasteiger partial charge is 0.338 e. The molecule has 0 amide bonds. The van der Waals surface area contributed by atoms with E-state index in [9.17, 15) is 9.59 Å². The van der Waals surface area contributed by atoms with Crippen LogP contribution >= 0.6 is 11.3 Å². The molecule has 9 heteroatoms. The zero-order valence-electron chi connectivity index (χ0n) is 25.4. The molecule has 1 aromatic heterocycles. The molecule has 0 saturated heterocycles. The van der Waals surface area contributed by atoms with E-state index in [2.05, 4.69) is 29.3 Å². The SMILES string of the molecule is CCOC(=O)C1=C(C)N=c2s/c(=C/c3cccc(OCc4cccc5ccccc45)c3)c(=O)n2[C@@H]1c1ccc(OC)cc1OC. The number of thiazole rings is 1. The lowest BCUT2D eigenvalue weighted by Crippen LogP contribution is -2.40. The number of hydrogen-bond donors (Lipinski definition) is 0. The number of methoxy groups -OCH3 is 2. The van der Waals surface area contributed by atoms with Gasteiger partial charge in [-0.2, -0.15) is 0 Å². The first-order valence-electron chi connectivity index (χ1n) is 14.5. The van der Waals surface area contributed by atoms with E-state index in [1.54, 1.807) is 43.7 Å². The first-order chi connectivity index (χ1) is 21.9. The number of allylic oxidation sites excluding steroid dienone is 1. The van der Waals surface area contributed by atoms with Crippen molar-refractivity contribution in [1.82, 2.24) is 4.57 Å². The first kappa shape index (κ1) is 29.9. The van der Waals surface area contributed by atoms with Crippen molar-refractivity contribution in [3.63, 3.8) is 0 Å². The Hall–Kier alpha value is -5.15. The van der Waals surface area contributed by atoms with Gasteiger partial charge in [-0.1, -0.05) is 65.9 Å². The molecule has 4 aromatic carbocycles. The Morgan fingerprint density at radius 1 is 0.956 bits per heavy atom. The van der Waals surface area contributed by atoms with E-state index in [0.717, 1.165) is 21.9 Å². The predicted octanol–water partition coefficient (Wildman–Crippen LogP) is 5.55. The van der Waals surface area contributed by atoms with Crippen molar-refractivity contribution in [2.45, 2.75) is 26.5 Å². The van der Waals surface area contributed by atoms with Crippen molar-refractivity contribution in [2.24, 2.45) is 4.99 Å². The fourth-order valence-electron chi connectivity index (χ4n) is 5.56. The van der Waals surface area contributed by atoms with Gasteiger partial charge in [0.25, 0.3) is 5.56 Å². The zero-order valence-corrected chi connectivity index (χ0v) is 26.2. The third-order valence-corrected chi connectivity index (χ3v) is 8.67. The molecule has 0 fully saturated rings. The average Bonchev–Trinajstić information content (AvgIpc) is 3.36. The van der Waals surface area contributed by atoms with E-state index >= 15 is 0 Å². The number of hydrogen-bond acceptors (Lipinski definition) is 8.